The Balaban J connectivity index is 2.35. The summed E-state index contributed by atoms with van der Waals surface area (Å²) in [6.07, 6.45) is 0. The van der Waals surface area contributed by atoms with Gasteiger partial charge in [0.05, 0.1) is 13.1 Å². The number of hydrogen-bond donors (Lipinski definition) is 2. The molecule has 0 aliphatic carbocycles. The van der Waals surface area contributed by atoms with E-state index in [4.69, 9.17) is 0 Å². The monoisotopic (exact) mass is 292 g/mol. The second-order valence-electron chi connectivity index (χ2n) is 5.58. The lowest BCUT2D eigenvalue weighted by atomic mass is 10.2. The number of carbonyl (C=O) groups excluding carboxylic acids is 2. The number of hydrogen-bond acceptors (Lipinski definition) is 4. The predicted molar refractivity (Wildman–Crippen MR) is 82.9 cm³/mol. The first-order valence-corrected chi connectivity index (χ1v) is 7.05. The van der Waals surface area contributed by atoms with Crippen LogP contribution < -0.4 is 10.6 Å². The summed E-state index contributed by atoms with van der Waals surface area (Å²) >= 11 is 0. The first-order valence-electron chi connectivity index (χ1n) is 7.05. The Kier molecular flexibility index (Phi) is 6.81. The Morgan fingerprint density at radius 2 is 1.90 bits per heavy atom. The Labute approximate surface area is 125 Å². The van der Waals surface area contributed by atoms with Gasteiger partial charge in [-0.15, -0.1) is 0 Å². The molecule has 2 amide bonds. The fourth-order valence-electron chi connectivity index (χ4n) is 1.72. The van der Waals surface area contributed by atoms with Crippen LogP contribution in [0.5, 0.6) is 0 Å². The number of nitrogens with zero attached hydrogens (tertiary/aromatic N) is 2. The van der Waals surface area contributed by atoms with Gasteiger partial charge < -0.3 is 10.6 Å². The predicted octanol–water partition coefficient (Wildman–Crippen LogP) is 1.03. The molecule has 0 aromatic carbocycles. The number of aryl methyl sites for hydroxylation is 1. The van der Waals surface area contributed by atoms with Gasteiger partial charge in [-0.05, 0) is 32.0 Å². The molecular formula is C15H24N4O2. The van der Waals surface area contributed by atoms with E-state index in [1.807, 2.05) is 32.9 Å². The van der Waals surface area contributed by atoms with E-state index < -0.39 is 0 Å². The van der Waals surface area contributed by atoms with Gasteiger partial charge in [-0.2, -0.15) is 0 Å². The normalized spacial score (nSPS) is 10.8. The summed E-state index contributed by atoms with van der Waals surface area (Å²) in [7, 11) is 1.73. The third-order valence-electron chi connectivity index (χ3n) is 2.69. The van der Waals surface area contributed by atoms with Gasteiger partial charge >= 0.3 is 0 Å². The third kappa shape index (κ3) is 7.41. The van der Waals surface area contributed by atoms with Crippen molar-refractivity contribution < 1.29 is 9.59 Å². The smallest absolute Gasteiger partial charge is 0.239 e. The summed E-state index contributed by atoms with van der Waals surface area (Å²) < 4.78 is 0. The minimum atomic E-state index is -0.188. The standard InChI is InChI=1S/C15H24N4O2/c1-11(2)8-16-14(20)9-19(4)10-15(21)18-13-7-5-6-12(3)17-13/h5-7,11H,8-10H2,1-4H3,(H,16,20)(H,17,18,21). The molecule has 2 N–H and O–H groups in total. The van der Waals surface area contributed by atoms with Crippen molar-refractivity contribution in [1.29, 1.82) is 0 Å². The van der Waals surface area contributed by atoms with Crippen LogP contribution in [0.15, 0.2) is 18.2 Å². The number of pyridine rings is 1. The maximum absolute atomic E-state index is 11.9. The minimum absolute atomic E-state index is 0.0762. The lowest BCUT2D eigenvalue weighted by Crippen LogP contribution is -2.40. The number of amides is 2. The zero-order valence-corrected chi connectivity index (χ0v) is 13.1. The topological polar surface area (TPSA) is 74.3 Å². The second kappa shape index (κ2) is 8.36. The SMILES string of the molecule is Cc1cccc(NC(=O)CN(C)CC(=O)NCC(C)C)n1. The molecule has 1 heterocycles. The zero-order chi connectivity index (χ0) is 15.8. The zero-order valence-electron chi connectivity index (χ0n) is 13.1. The van der Waals surface area contributed by atoms with Gasteiger partial charge in [0.2, 0.25) is 11.8 Å². The van der Waals surface area contributed by atoms with E-state index in [0.717, 1.165) is 5.69 Å². The first-order chi connectivity index (χ1) is 9.86. The van der Waals surface area contributed by atoms with Crippen molar-refractivity contribution in [2.45, 2.75) is 20.8 Å². The lowest BCUT2D eigenvalue weighted by Gasteiger charge is -2.16. The van der Waals surface area contributed by atoms with Crippen LogP contribution in [0.3, 0.4) is 0 Å². The van der Waals surface area contributed by atoms with Crippen molar-refractivity contribution in [3.05, 3.63) is 23.9 Å². The van der Waals surface area contributed by atoms with Gasteiger partial charge in [0.1, 0.15) is 5.82 Å². The van der Waals surface area contributed by atoms with Crippen LogP contribution in [0.1, 0.15) is 19.5 Å². The highest BCUT2D eigenvalue weighted by Crippen LogP contribution is 2.03. The van der Waals surface area contributed by atoms with Crippen LogP contribution >= 0.6 is 0 Å². The number of aromatic nitrogens is 1. The van der Waals surface area contributed by atoms with Crippen molar-refractivity contribution in [1.82, 2.24) is 15.2 Å². The van der Waals surface area contributed by atoms with Crippen LogP contribution in [0.25, 0.3) is 0 Å². The van der Waals surface area contributed by atoms with Crippen LogP contribution in [0.4, 0.5) is 5.82 Å². The molecule has 0 spiro atoms. The largest absolute Gasteiger partial charge is 0.355 e. The molecule has 1 aromatic rings. The van der Waals surface area contributed by atoms with Crippen LogP contribution in [-0.2, 0) is 9.59 Å². The molecule has 0 aliphatic rings. The van der Waals surface area contributed by atoms with Gasteiger partial charge in [0.25, 0.3) is 0 Å². The fourth-order valence-corrected chi connectivity index (χ4v) is 1.72. The molecule has 116 valence electrons. The van der Waals surface area contributed by atoms with Crippen molar-refractivity contribution in [2.75, 3.05) is 32.0 Å². The lowest BCUT2D eigenvalue weighted by molar-refractivity contribution is -0.123. The number of likely N-dealkylation sites (N-methyl/N-ethyl adjacent to an activating group) is 1. The molecule has 6 heteroatoms. The summed E-state index contributed by atoms with van der Waals surface area (Å²) in [6, 6.07) is 5.43. The molecule has 0 radical (unpaired) electrons. The number of anilines is 1. The van der Waals surface area contributed by atoms with Crippen LogP contribution in [-0.4, -0.2) is 48.4 Å². The Morgan fingerprint density at radius 3 is 2.52 bits per heavy atom. The molecule has 0 bridgehead atoms. The van der Waals surface area contributed by atoms with Crippen molar-refractivity contribution >= 4 is 17.6 Å². The highest BCUT2D eigenvalue weighted by atomic mass is 16.2. The summed E-state index contributed by atoms with van der Waals surface area (Å²) in [5.41, 5.74) is 0.842. The van der Waals surface area contributed by atoms with Gasteiger partial charge in [-0.3, -0.25) is 14.5 Å². The summed E-state index contributed by atoms with van der Waals surface area (Å²) in [6.45, 7) is 6.91. The maximum Gasteiger partial charge on any atom is 0.239 e. The van der Waals surface area contributed by atoms with E-state index in [2.05, 4.69) is 15.6 Å². The summed E-state index contributed by atoms with van der Waals surface area (Å²) in [5, 5.41) is 5.53. The van der Waals surface area contributed by atoms with Gasteiger partial charge in [0, 0.05) is 12.2 Å². The molecule has 6 nitrogen and oxygen atoms in total. The average molecular weight is 292 g/mol. The molecule has 0 atom stereocenters. The molecule has 0 saturated heterocycles. The fraction of sp³-hybridized carbons (Fsp3) is 0.533. The molecule has 0 saturated carbocycles. The molecule has 0 fully saturated rings. The van der Waals surface area contributed by atoms with Crippen LogP contribution in [0.2, 0.25) is 0 Å². The van der Waals surface area contributed by atoms with E-state index in [1.54, 1.807) is 18.0 Å². The maximum atomic E-state index is 11.9. The summed E-state index contributed by atoms with van der Waals surface area (Å²) in [5.74, 6) is 0.674. The Morgan fingerprint density at radius 1 is 1.24 bits per heavy atom. The average Bonchev–Trinajstić information content (AvgIpc) is 2.35. The molecule has 0 aliphatic heterocycles. The summed E-state index contributed by atoms with van der Waals surface area (Å²) in [4.78, 5) is 29.4. The highest BCUT2D eigenvalue weighted by molar-refractivity contribution is 5.91. The molecule has 21 heavy (non-hydrogen) atoms. The minimum Gasteiger partial charge on any atom is -0.355 e. The molecule has 0 unspecified atom stereocenters. The third-order valence-corrected chi connectivity index (χ3v) is 2.69. The number of rotatable bonds is 7. The van der Waals surface area contributed by atoms with E-state index in [-0.39, 0.29) is 24.9 Å². The van der Waals surface area contributed by atoms with Crippen molar-refractivity contribution in [3.63, 3.8) is 0 Å². The van der Waals surface area contributed by atoms with Gasteiger partial charge in [-0.1, -0.05) is 19.9 Å². The number of nitrogens with one attached hydrogen (secondary N) is 2. The van der Waals surface area contributed by atoms with Crippen LogP contribution in [0, 0.1) is 12.8 Å². The highest BCUT2D eigenvalue weighted by Gasteiger charge is 2.11. The molecule has 1 aromatic heterocycles. The second-order valence-corrected chi connectivity index (χ2v) is 5.58. The van der Waals surface area contributed by atoms with E-state index in [1.165, 1.54) is 0 Å². The van der Waals surface area contributed by atoms with Crippen molar-refractivity contribution in [2.24, 2.45) is 5.92 Å². The van der Waals surface area contributed by atoms with E-state index in [9.17, 15) is 9.59 Å². The first kappa shape index (κ1) is 17.1. The Hall–Kier alpha value is -1.95. The van der Waals surface area contributed by atoms with E-state index >= 15 is 0 Å². The molecular weight excluding hydrogens is 268 g/mol. The quantitative estimate of drug-likeness (QED) is 0.787. The molecule has 1 rings (SSSR count). The Bertz CT molecular complexity index is 488. The van der Waals surface area contributed by atoms with E-state index in [0.29, 0.717) is 18.3 Å². The van der Waals surface area contributed by atoms with Crippen molar-refractivity contribution in [3.8, 4) is 0 Å². The number of carbonyl (C=O) groups is 2. The van der Waals surface area contributed by atoms with Gasteiger partial charge in [-0.25, -0.2) is 4.98 Å². The van der Waals surface area contributed by atoms with Gasteiger partial charge in [0.15, 0.2) is 0 Å².